The molecule has 18 heavy (non-hydrogen) atoms. The zero-order valence-electron chi connectivity index (χ0n) is 9.20. The lowest BCUT2D eigenvalue weighted by Gasteiger charge is -2.16. The van der Waals surface area contributed by atoms with Crippen LogP contribution in [-0.2, 0) is 0 Å². The zero-order chi connectivity index (χ0) is 13.1. The highest BCUT2D eigenvalue weighted by Crippen LogP contribution is 2.32. The van der Waals surface area contributed by atoms with Crippen LogP contribution in [0.1, 0.15) is 11.0 Å². The molecule has 0 aliphatic rings. The molecule has 0 saturated heterocycles. The third-order valence-corrected chi connectivity index (χ3v) is 4.32. The van der Waals surface area contributed by atoms with Crippen LogP contribution in [0.4, 0.5) is 4.39 Å². The molecule has 1 aromatic heterocycles. The van der Waals surface area contributed by atoms with Crippen molar-refractivity contribution in [2.75, 3.05) is 6.54 Å². The van der Waals surface area contributed by atoms with Crippen LogP contribution in [0, 0.1) is 5.82 Å². The van der Waals surface area contributed by atoms with Crippen molar-refractivity contribution in [3.63, 3.8) is 0 Å². The first-order valence-electron chi connectivity index (χ1n) is 5.17. The van der Waals surface area contributed by atoms with E-state index >= 15 is 0 Å². The van der Waals surface area contributed by atoms with Crippen LogP contribution in [0.2, 0.25) is 5.02 Å². The van der Waals surface area contributed by atoms with Crippen molar-refractivity contribution in [1.29, 1.82) is 0 Å². The minimum absolute atomic E-state index is 0.0376. The van der Waals surface area contributed by atoms with E-state index in [1.54, 1.807) is 6.07 Å². The molecule has 0 radical (unpaired) electrons. The summed E-state index contributed by atoms with van der Waals surface area (Å²) in [7, 11) is 0. The van der Waals surface area contributed by atoms with Crippen molar-refractivity contribution in [1.82, 2.24) is 0 Å². The lowest BCUT2D eigenvalue weighted by atomic mass is 10.2. The molecule has 6 heteroatoms. The zero-order valence-corrected chi connectivity index (χ0v) is 12.4. The normalized spacial score (nSPS) is 12.4. The molecule has 1 atom stereocenters. The maximum absolute atomic E-state index is 13.7. The summed E-state index contributed by atoms with van der Waals surface area (Å²) in [6, 6.07) is 8.45. The molecule has 0 saturated carbocycles. The Kier molecular flexibility index (Phi) is 4.61. The average Bonchev–Trinajstić information content (AvgIpc) is 2.78. The van der Waals surface area contributed by atoms with Gasteiger partial charge in [0.1, 0.15) is 6.10 Å². The van der Waals surface area contributed by atoms with Gasteiger partial charge in [-0.05, 0) is 40.2 Å². The van der Waals surface area contributed by atoms with Crippen LogP contribution in [0.25, 0.3) is 0 Å². The second-order valence-electron chi connectivity index (χ2n) is 3.54. The Bertz CT molecular complexity index is 549. The molecular weight excluding hydrogens is 341 g/mol. The van der Waals surface area contributed by atoms with E-state index in [0.717, 1.165) is 8.66 Å². The van der Waals surface area contributed by atoms with E-state index in [2.05, 4.69) is 15.9 Å². The van der Waals surface area contributed by atoms with Crippen molar-refractivity contribution in [3.05, 3.63) is 49.8 Å². The van der Waals surface area contributed by atoms with Gasteiger partial charge in [0.25, 0.3) is 0 Å². The van der Waals surface area contributed by atoms with E-state index in [-0.39, 0.29) is 23.4 Å². The summed E-state index contributed by atoms with van der Waals surface area (Å²) in [5, 5.41) is 0.0376. The fourth-order valence-electron chi connectivity index (χ4n) is 1.45. The molecule has 0 spiro atoms. The highest BCUT2D eigenvalue weighted by molar-refractivity contribution is 9.11. The van der Waals surface area contributed by atoms with E-state index in [9.17, 15) is 4.39 Å². The fraction of sp³-hybridized carbons (Fsp3) is 0.167. The van der Waals surface area contributed by atoms with Crippen LogP contribution in [0.3, 0.4) is 0 Å². The predicted molar refractivity (Wildman–Crippen MR) is 75.9 cm³/mol. The summed E-state index contributed by atoms with van der Waals surface area (Å²) in [6.45, 7) is 0.263. The van der Waals surface area contributed by atoms with Crippen molar-refractivity contribution < 1.29 is 9.13 Å². The summed E-state index contributed by atoms with van der Waals surface area (Å²) in [5.41, 5.74) is 5.66. The van der Waals surface area contributed by atoms with Gasteiger partial charge in [-0.3, -0.25) is 0 Å². The second kappa shape index (κ2) is 6.02. The largest absolute Gasteiger partial charge is 0.480 e. The maximum atomic E-state index is 13.7. The number of nitrogens with two attached hydrogens (primary N) is 1. The summed E-state index contributed by atoms with van der Waals surface area (Å²) in [4.78, 5) is 0.934. The first kappa shape index (κ1) is 13.8. The number of ether oxygens (including phenoxy) is 1. The molecule has 0 aliphatic carbocycles. The molecule has 0 aliphatic heterocycles. The number of halogens is 3. The van der Waals surface area contributed by atoms with E-state index in [1.807, 2.05) is 12.1 Å². The van der Waals surface area contributed by atoms with Crippen LogP contribution in [0.5, 0.6) is 5.75 Å². The van der Waals surface area contributed by atoms with Gasteiger partial charge in [0.05, 0.1) is 8.81 Å². The van der Waals surface area contributed by atoms with Crippen LogP contribution >= 0.6 is 38.9 Å². The van der Waals surface area contributed by atoms with E-state index in [1.165, 1.54) is 23.5 Å². The topological polar surface area (TPSA) is 35.2 Å². The summed E-state index contributed by atoms with van der Waals surface area (Å²) < 4.78 is 20.3. The maximum Gasteiger partial charge on any atom is 0.183 e. The minimum Gasteiger partial charge on any atom is -0.480 e. The van der Waals surface area contributed by atoms with Crippen molar-refractivity contribution >= 4 is 38.9 Å². The first-order valence-corrected chi connectivity index (χ1v) is 7.16. The van der Waals surface area contributed by atoms with E-state index < -0.39 is 5.82 Å². The van der Waals surface area contributed by atoms with Crippen LogP contribution in [-0.4, -0.2) is 6.54 Å². The summed E-state index contributed by atoms with van der Waals surface area (Å²) >= 11 is 10.6. The van der Waals surface area contributed by atoms with Crippen molar-refractivity contribution in [2.45, 2.75) is 6.10 Å². The van der Waals surface area contributed by atoms with Gasteiger partial charge < -0.3 is 10.5 Å². The number of benzene rings is 1. The third-order valence-electron chi connectivity index (χ3n) is 2.31. The van der Waals surface area contributed by atoms with Gasteiger partial charge in [-0.2, -0.15) is 0 Å². The van der Waals surface area contributed by atoms with E-state index in [4.69, 9.17) is 22.1 Å². The van der Waals surface area contributed by atoms with Crippen molar-refractivity contribution in [3.8, 4) is 5.75 Å². The molecule has 1 aromatic carbocycles. The molecule has 2 N–H and O–H groups in total. The van der Waals surface area contributed by atoms with Gasteiger partial charge in [0, 0.05) is 11.4 Å². The molecule has 2 nitrogen and oxygen atoms in total. The smallest absolute Gasteiger partial charge is 0.183 e. The molecule has 1 heterocycles. The highest BCUT2D eigenvalue weighted by atomic mass is 79.9. The Morgan fingerprint density at radius 1 is 1.39 bits per heavy atom. The Morgan fingerprint density at radius 2 is 2.17 bits per heavy atom. The van der Waals surface area contributed by atoms with Gasteiger partial charge in [0.2, 0.25) is 0 Å². The van der Waals surface area contributed by atoms with Gasteiger partial charge in [0.15, 0.2) is 11.6 Å². The Balaban J connectivity index is 2.23. The fourth-order valence-corrected chi connectivity index (χ4v) is 3.08. The summed E-state index contributed by atoms with van der Waals surface area (Å²) in [5.74, 6) is -0.448. The third kappa shape index (κ3) is 3.03. The van der Waals surface area contributed by atoms with Gasteiger partial charge in [-0.1, -0.05) is 17.7 Å². The lowest BCUT2D eigenvalue weighted by molar-refractivity contribution is 0.208. The molecular formula is C12H10BrClFNOS. The number of hydrogen-bond acceptors (Lipinski definition) is 3. The molecule has 0 amide bonds. The highest BCUT2D eigenvalue weighted by Gasteiger charge is 2.17. The van der Waals surface area contributed by atoms with Crippen LogP contribution < -0.4 is 10.5 Å². The Hall–Kier alpha value is -0.620. The number of rotatable bonds is 4. The standard InChI is InChI=1S/C12H10BrClFNOS/c13-11-5-4-10(18-11)9(6-16)17-8-3-1-2-7(14)12(8)15/h1-5,9H,6,16H2. The SMILES string of the molecule is NCC(Oc1cccc(Cl)c1F)c1ccc(Br)s1. The second-order valence-corrected chi connectivity index (χ2v) is 6.44. The van der Waals surface area contributed by atoms with Crippen LogP contribution in [0.15, 0.2) is 34.1 Å². The van der Waals surface area contributed by atoms with Crippen molar-refractivity contribution in [2.24, 2.45) is 5.73 Å². The quantitative estimate of drug-likeness (QED) is 0.888. The monoisotopic (exact) mass is 349 g/mol. The molecule has 0 fully saturated rings. The molecule has 2 aromatic rings. The average molecular weight is 351 g/mol. The minimum atomic E-state index is -0.562. The molecule has 1 unspecified atom stereocenters. The summed E-state index contributed by atoms with van der Waals surface area (Å²) in [6.07, 6.45) is -0.380. The number of thiophene rings is 1. The Labute approximate surface area is 122 Å². The van der Waals surface area contributed by atoms with Gasteiger partial charge in [-0.25, -0.2) is 4.39 Å². The van der Waals surface area contributed by atoms with E-state index in [0.29, 0.717) is 0 Å². The first-order chi connectivity index (χ1) is 8.61. The lowest BCUT2D eigenvalue weighted by Crippen LogP contribution is -2.17. The van der Waals surface area contributed by atoms with Gasteiger partial charge >= 0.3 is 0 Å². The Morgan fingerprint density at radius 3 is 2.78 bits per heavy atom. The molecule has 96 valence electrons. The van der Waals surface area contributed by atoms with Gasteiger partial charge in [-0.15, -0.1) is 11.3 Å². The molecule has 2 rings (SSSR count). The predicted octanol–water partition coefficient (Wildman–Crippen LogP) is 4.38. The number of hydrogen-bond donors (Lipinski definition) is 1. The molecule has 0 bridgehead atoms.